The van der Waals surface area contributed by atoms with Gasteiger partial charge in [0.15, 0.2) is 0 Å². The zero-order valence-electron chi connectivity index (χ0n) is 7.12. The number of nitrogens with zero attached hydrogens (tertiary/aromatic N) is 1. The second kappa shape index (κ2) is 3.48. The van der Waals surface area contributed by atoms with Crippen LogP contribution in [-0.2, 0) is 0 Å². The fourth-order valence-corrected chi connectivity index (χ4v) is 2.00. The minimum absolute atomic E-state index is 0.730. The Morgan fingerprint density at radius 2 is 2.23 bits per heavy atom. The van der Waals surface area contributed by atoms with Crippen molar-refractivity contribution in [1.82, 2.24) is 4.98 Å². The Balaban J connectivity index is 2.46. The molecule has 0 aromatic carbocycles. The topological polar surface area (TPSA) is 12.9 Å². The molecule has 0 saturated heterocycles. The maximum Gasteiger partial charge on any atom is 0.0725 e. The molecule has 0 spiro atoms. The van der Waals surface area contributed by atoms with Crippen molar-refractivity contribution in [3.05, 3.63) is 39.7 Å². The lowest BCUT2D eigenvalue weighted by atomic mass is 10.2. The quantitative estimate of drug-likeness (QED) is 0.697. The number of halogens is 1. The first kappa shape index (κ1) is 8.73. The number of aryl methyl sites for hydroxylation is 1. The molecule has 0 aliphatic carbocycles. The van der Waals surface area contributed by atoms with Crippen molar-refractivity contribution in [3.8, 4) is 11.3 Å². The van der Waals surface area contributed by atoms with E-state index < -0.39 is 0 Å². The molecule has 0 atom stereocenters. The summed E-state index contributed by atoms with van der Waals surface area (Å²) < 4.78 is 0. The van der Waals surface area contributed by atoms with Gasteiger partial charge in [0.1, 0.15) is 0 Å². The molecular formula is C10H8ClNS. The highest BCUT2D eigenvalue weighted by Gasteiger charge is 2.01. The zero-order valence-corrected chi connectivity index (χ0v) is 8.69. The van der Waals surface area contributed by atoms with E-state index in [9.17, 15) is 0 Å². The maximum atomic E-state index is 5.86. The maximum absolute atomic E-state index is 5.86. The average Bonchev–Trinajstić information content (AvgIpc) is 2.52. The molecule has 1 nitrogen and oxygen atoms in total. The molecule has 0 amide bonds. The van der Waals surface area contributed by atoms with Crippen molar-refractivity contribution in [3.63, 3.8) is 0 Å². The number of rotatable bonds is 1. The molecule has 2 heterocycles. The molecule has 0 bridgehead atoms. The number of aromatic nitrogens is 1. The Bertz CT molecular complexity index is 422. The Kier molecular flexibility index (Phi) is 2.34. The molecule has 0 aliphatic heterocycles. The Hall–Kier alpha value is -0.860. The van der Waals surface area contributed by atoms with Crippen molar-refractivity contribution in [2.24, 2.45) is 0 Å². The van der Waals surface area contributed by atoms with Gasteiger partial charge in [0.25, 0.3) is 0 Å². The Morgan fingerprint density at radius 3 is 2.85 bits per heavy atom. The van der Waals surface area contributed by atoms with Crippen LogP contribution in [0.25, 0.3) is 11.3 Å². The average molecular weight is 210 g/mol. The van der Waals surface area contributed by atoms with Crippen LogP contribution >= 0.6 is 22.9 Å². The van der Waals surface area contributed by atoms with E-state index in [1.165, 1.54) is 4.88 Å². The number of hydrogen-bond acceptors (Lipinski definition) is 2. The van der Waals surface area contributed by atoms with Crippen molar-refractivity contribution in [2.45, 2.75) is 6.92 Å². The lowest BCUT2D eigenvalue weighted by molar-refractivity contribution is 1.33. The third-order valence-corrected chi connectivity index (χ3v) is 2.84. The molecule has 0 aliphatic rings. The van der Waals surface area contributed by atoms with Crippen LogP contribution < -0.4 is 0 Å². The van der Waals surface area contributed by atoms with Crippen LogP contribution in [-0.4, -0.2) is 4.98 Å². The summed E-state index contributed by atoms with van der Waals surface area (Å²) in [6, 6.07) is 5.77. The van der Waals surface area contributed by atoms with Crippen LogP contribution in [0.3, 0.4) is 0 Å². The van der Waals surface area contributed by atoms with Crippen LogP contribution in [0.15, 0.2) is 29.8 Å². The predicted molar refractivity (Wildman–Crippen MR) is 57.3 cm³/mol. The summed E-state index contributed by atoms with van der Waals surface area (Å²) in [5, 5.41) is 2.82. The van der Waals surface area contributed by atoms with Crippen LogP contribution in [0.1, 0.15) is 4.88 Å². The molecule has 2 rings (SSSR count). The molecule has 66 valence electrons. The van der Waals surface area contributed by atoms with Crippen molar-refractivity contribution < 1.29 is 0 Å². The van der Waals surface area contributed by atoms with Crippen LogP contribution in [0.4, 0.5) is 0 Å². The van der Waals surface area contributed by atoms with Gasteiger partial charge in [-0.15, -0.1) is 11.3 Å². The lowest BCUT2D eigenvalue weighted by Gasteiger charge is -1.95. The van der Waals surface area contributed by atoms with Gasteiger partial charge in [-0.25, -0.2) is 0 Å². The summed E-state index contributed by atoms with van der Waals surface area (Å²) in [5.74, 6) is 0. The monoisotopic (exact) mass is 209 g/mol. The van der Waals surface area contributed by atoms with Crippen molar-refractivity contribution in [2.75, 3.05) is 0 Å². The first-order valence-corrected chi connectivity index (χ1v) is 5.18. The summed E-state index contributed by atoms with van der Waals surface area (Å²) in [6.45, 7) is 2.08. The van der Waals surface area contributed by atoms with E-state index in [1.807, 2.05) is 6.07 Å². The molecule has 2 aromatic rings. The molecule has 2 aromatic heterocycles. The van der Waals surface area contributed by atoms with Crippen LogP contribution in [0, 0.1) is 6.92 Å². The summed E-state index contributed by atoms with van der Waals surface area (Å²) in [4.78, 5) is 5.53. The van der Waals surface area contributed by atoms with Gasteiger partial charge < -0.3 is 0 Å². The first-order chi connectivity index (χ1) is 6.25. The number of thiophene rings is 1. The van der Waals surface area contributed by atoms with E-state index in [0.29, 0.717) is 0 Å². The summed E-state index contributed by atoms with van der Waals surface area (Å²) in [6.07, 6.45) is 1.73. The van der Waals surface area contributed by atoms with Gasteiger partial charge >= 0.3 is 0 Å². The molecule has 0 unspecified atom stereocenters. The highest BCUT2D eigenvalue weighted by atomic mass is 35.5. The highest BCUT2D eigenvalue weighted by molar-refractivity contribution is 7.10. The molecule has 13 heavy (non-hydrogen) atoms. The molecule has 0 fully saturated rings. The van der Waals surface area contributed by atoms with Crippen LogP contribution in [0.2, 0.25) is 5.02 Å². The molecular weight excluding hydrogens is 202 g/mol. The molecule has 0 saturated carbocycles. The van der Waals surface area contributed by atoms with Crippen molar-refractivity contribution >= 4 is 22.9 Å². The van der Waals surface area contributed by atoms with Gasteiger partial charge in [0.2, 0.25) is 0 Å². The summed E-state index contributed by atoms with van der Waals surface area (Å²) in [5.41, 5.74) is 2.09. The fourth-order valence-electron chi connectivity index (χ4n) is 1.14. The fraction of sp³-hybridized carbons (Fsp3) is 0.100. The van der Waals surface area contributed by atoms with Gasteiger partial charge in [-0.2, -0.15) is 0 Å². The van der Waals surface area contributed by atoms with Gasteiger partial charge in [0.05, 0.1) is 5.69 Å². The van der Waals surface area contributed by atoms with E-state index in [2.05, 4.69) is 23.4 Å². The summed E-state index contributed by atoms with van der Waals surface area (Å²) >= 11 is 7.59. The smallest absolute Gasteiger partial charge is 0.0725 e. The van der Waals surface area contributed by atoms with E-state index in [-0.39, 0.29) is 0 Å². The third kappa shape index (κ3) is 1.90. The summed E-state index contributed by atoms with van der Waals surface area (Å²) in [7, 11) is 0. The van der Waals surface area contributed by atoms with E-state index in [4.69, 9.17) is 11.6 Å². The lowest BCUT2D eigenvalue weighted by Crippen LogP contribution is -1.78. The normalized spacial score (nSPS) is 10.3. The SMILES string of the molecule is Cc1cc(-c2cc(Cl)ccn2)cs1. The number of pyridine rings is 1. The van der Waals surface area contributed by atoms with Crippen LogP contribution in [0.5, 0.6) is 0 Å². The largest absolute Gasteiger partial charge is 0.256 e. The standard InChI is InChI=1S/C10H8ClNS/c1-7-4-8(6-13-7)10-5-9(11)2-3-12-10/h2-6H,1H3. The van der Waals surface area contributed by atoms with E-state index in [1.54, 1.807) is 23.6 Å². The third-order valence-electron chi connectivity index (χ3n) is 1.75. The molecule has 0 N–H and O–H groups in total. The van der Waals surface area contributed by atoms with E-state index >= 15 is 0 Å². The first-order valence-electron chi connectivity index (χ1n) is 3.93. The van der Waals surface area contributed by atoms with Gasteiger partial charge in [-0.05, 0) is 25.1 Å². The zero-order chi connectivity index (χ0) is 9.26. The second-order valence-corrected chi connectivity index (χ2v) is 4.36. The Labute approximate surface area is 86.0 Å². The molecule has 3 heteroatoms. The predicted octanol–water partition coefficient (Wildman–Crippen LogP) is 3.77. The van der Waals surface area contributed by atoms with Crippen molar-refractivity contribution in [1.29, 1.82) is 0 Å². The van der Waals surface area contributed by atoms with Gasteiger partial charge in [-0.3, -0.25) is 4.98 Å². The highest BCUT2D eigenvalue weighted by Crippen LogP contribution is 2.24. The minimum Gasteiger partial charge on any atom is -0.256 e. The molecule has 0 radical (unpaired) electrons. The minimum atomic E-state index is 0.730. The van der Waals surface area contributed by atoms with Gasteiger partial charge in [0, 0.05) is 27.0 Å². The number of hydrogen-bond donors (Lipinski definition) is 0. The van der Waals surface area contributed by atoms with Gasteiger partial charge in [-0.1, -0.05) is 11.6 Å². The van der Waals surface area contributed by atoms with E-state index in [0.717, 1.165) is 16.3 Å². The Morgan fingerprint density at radius 1 is 1.38 bits per heavy atom. The second-order valence-electron chi connectivity index (χ2n) is 2.81.